The second-order valence-corrected chi connectivity index (χ2v) is 3.10. The molecule has 0 radical (unpaired) electrons. The standard InChI is InChI=1S/C11H9N3O2/c15-14(16)11-7-3-2-6-10(11)12-13-8-4-1-5-9-13/h1-9H. The second kappa shape index (κ2) is 4.39. The molecule has 0 aliphatic carbocycles. The molecule has 80 valence electrons. The molecular weight excluding hydrogens is 206 g/mol. The summed E-state index contributed by atoms with van der Waals surface area (Å²) in [7, 11) is 0. The molecule has 0 unspecified atom stereocenters. The molecule has 0 spiro atoms. The predicted molar refractivity (Wildman–Crippen MR) is 58.2 cm³/mol. The zero-order valence-corrected chi connectivity index (χ0v) is 8.35. The normalized spacial score (nSPS) is 9.75. The van der Waals surface area contributed by atoms with E-state index in [1.54, 1.807) is 42.7 Å². The Hall–Kier alpha value is -2.43. The van der Waals surface area contributed by atoms with Crippen molar-refractivity contribution in [2.75, 3.05) is 0 Å². The highest BCUT2D eigenvalue weighted by Crippen LogP contribution is 2.28. The quantitative estimate of drug-likeness (QED) is 0.448. The lowest BCUT2D eigenvalue weighted by molar-refractivity contribution is -0.619. The van der Waals surface area contributed by atoms with E-state index in [0.29, 0.717) is 5.69 Å². The highest BCUT2D eigenvalue weighted by Gasteiger charge is 2.06. The third-order valence-electron chi connectivity index (χ3n) is 2.00. The first-order valence-corrected chi connectivity index (χ1v) is 4.69. The molecule has 2 aromatic rings. The first-order chi connectivity index (χ1) is 7.77. The summed E-state index contributed by atoms with van der Waals surface area (Å²) in [6, 6.07) is 11.8. The summed E-state index contributed by atoms with van der Waals surface area (Å²) in [5, 5.41) is 10.7. The summed E-state index contributed by atoms with van der Waals surface area (Å²) in [6.07, 6.45) is 3.44. The number of nitro benzene ring substituents is 1. The van der Waals surface area contributed by atoms with Crippen LogP contribution in [0.1, 0.15) is 0 Å². The Morgan fingerprint density at radius 1 is 1.06 bits per heavy atom. The minimum atomic E-state index is -0.442. The second-order valence-electron chi connectivity index (χ2n) is 3.10. The van der Waals surface area contributed by atoms with Gasteiger partial charge in [0.05, 0.1) is 4.92 Å². The van der Waals surface area contributed by atoms with Gasteiger partial charge in [-0.3, -0.25) is 10.1 Å². The molecule has 16 heavy (non-hydrogen) atoms. The van der Waals surface area contributed by atoms with Crippen LogP contribution in [-0.2, 0) is 0 Å². The van der Waals surface area contributed by atoms with Gasteiger partial charge in [0.15, 0.2) is 12.4 Å². The van der Waals surface area contributed by atoms with Gasteiger partial charge in [0.1, 0.15) is 0 Å². The number of benzene rings is 1. The number of rotatable bonds is 3. The van der Waals surface area contributed by atoms with E-state index in [2.05, 4.69) is 5.43 Å². The van der Waals surface area contributed by atoms with Gasteiger partial charge >= 0.3 is 0 Å². The lowest BCUT2D eigenvalue weighted by Crippen LogP contribution is -2.26. The molecule has 0 saturated heterocycles. The molecule has 0 atom stereocenters. The monoisotopic (exact) mass is 215 g/mol. The van der Waals surface area contributed by atoms with Gasteiger partial charge in [-0.15, -0.1) is 0 Å². The molecule has 5 nitrogen and oxygen atoms in total. The maximum Gasteiger partial charge on any atom is 0.259 e. The Morgan fingerprint density at radius 2 is 1.75 bits per heavy atom. The van der Waals surface area contributed by atoms with Crippen molar-refractivity contribution in [1.82, 2.24) is 0 Å². The zero-order chi connectivity index (χ0) is 11.4. The summed E-state index contributed by atoms with van der Waals surface area (Å²) in [5.41, 5.74) is 4.47. The van der Waals surface area contributed by atoms with Crippen molar-refractivity contribution in [3.05, 3.63) is 70.4 Å². The largest absolute Gasteiger partial charge is 0.398 e. The van der Waals surface area contributed by atoms with Gasteiger partial charge in [0.25, 0.3) is 5.69 Å². The number of nitro groups is 1. The van der Waals surface area contributed by atoms with Crippen molar-refractivity contribution < 1.29 is 9.60 Å². The number of hydrogen-bond acceptors (Lipinski definition) is 2. The molecular formula is C11H9N3O2. The average Bonchev–Trinajstić information content (AvgIpc) is 2.31. The van der Waals surface area contributed by atoms with E-state index in [0.717, 1.165) is 0 Å². The highest BCUT2D eigenvalue weighted by atomic mass is 16.6. The SMILES string of the molecule is O=[N+]([O-])c1ccccc1[N-][n+]1ccccc1. The van der Waals surface area contributed by atoms with Crippen LogP contribution >= 0.6 is 0 Å². The third-order valence-corrected chi connectivity index (χ3v) is 2.00. The van der Waals surface area contributed by atoms with E-state index < -0.39 is 4.92 Å². The zero-order valence-electron chi connectivity index (χ0n) is 8.35. The van der Waals surface area contributed by atoms with E-state index in [1.807, 2.05) is 6.07 Å². The van der Waals surface area contributed by atoms with E-state index in [-0.39, 0.29) is 5.69 Å². The van der Waals surface area contributed by atoms with Crippen molar-refractivity contribution in [3.8, 4) is 0 Å². The summed E-state index contributed by atoms with van der Waals surface area (Å²) >= 11 is 0. The summed E-state index contributed by atoms with van der Waals surface area (Å²) in [5.74, 6) is 0. The molecule has 1 heterocycles. The summed E-state index contributed by atoms with van der Waals surface area (Å²) in [4.78, 5) is 10.3. The molecule has 0 bridgehead atoms. The van der Waals surface area contributed by atoms with Gasteiger partial charge in [0.2, 0.25) is 0 Å². The van der Waals surface area contributed by atoms with Crippen LogP contribution in [0.4, 0.5) is 11.4 Å². The van der Waals surface area contributed by atoms with Crippen LogP contribution in [0.2, 0.25) is 0 Å². The average molecular weight is 215 g/mol. The Labute approximate surface area is 92.1 Å². The maximum absolute atomic E-state index is 10.7. The molecule has 0 aliphatic heterocycles. The predicted octanol–water partition coefficient (Wildman–Crippen LogP) is 2.35. The molecule has 0 N–H and O–H groups in total. The number of nitrogens with zero attached hydrogens (tertiary/aromatic N) is 3. The molecule has 1 aromatic carbocycles. The highest BCUT2D eigenvalue weighted by molar-refractivity contribution is 5.62. The van der Waals surface area contributed by atoms with Crippen LogP contribution in [0.3, 0.4) is 0 Å². The van der Waals surface area contributed by atoms with Crippen molar-refractivity contribution >= 4 is 11.4 Å². The molecule has 5 heteroatoms. The molecule has 0 amide bonds. The van der Waals surface area contributed by atoms with Crippen molar-refractivity contribution in [2.45, 2.75) is 0 Å². The van der Waals surface area contributed by atoms with Crippen LogP contribution in [0.5, 0.6) is 0 Å². The topological polar surface area (TPSA) is 61.1 Å². The summed E-state index contributed by atoms with van der Waals surface area (Å²) < 4.78 is 1.53. The minimum Gasteiger partial charge on any atom is -0.398 e. The fourth-order valence-corrected chi connectivity index (χ4v) is 1.28. The smallest absolute Gasteiger partial charge is 0.259 e. The van der Waals surface area contributed by atoms with Crippen LogP contribution in [0.25, 0.3) is 5.43 Å². The van der Waals surface area contributed by atoms with Gasteiger partial charge in [0, 0.05) is 18.2 Å². The Morgan fingerprint density at radius 3 is 2.44 bits per heavy atom. The van der Waals surface area contributed by atoms with Gasteiger partial charge in [-0.2, -0.15) is 0 Å². The fourth-order valence-electron chi connectivity index (χ4n) is 1.28. The minimum absolute atomic E-state index is 0.00106. The molecule has 0 aliphatic rings. The van der Waals surface area contributed by atoms with E-state index >= 15 is 0 Å². The number of pyridine rings is 1. The Kier molecular flexibility index (Phi) is 2.77. The molecule has 0 saturated carbocycles. The summed E-state index contributed by atoms with van der Waals surface area (Å²) in [6.45, 7) is 0. The van der Waals surface area contributed by atoms with Gasteiger partial charge in [-0.25, -0.2) is 4.68 Å². The Bertz CT molecular complexity index is 500. The molecule has 1 aromatic heterocycles. The lowest BCUT2D eigenvalue weighted by atomic mass is 10.3. The first-order valence-electron chi connectivity index (χ1n) is 4.69. The molecule has 2 rings (SSSR count). The van der Waals surface area contributed by atoms with E-state index in [9.17, 15) is 10.1 Å². The van der Waals surface area contributed by atoms with E-state index in [4.69, 9.17) is 0 Å². The van der Waals surface area contributed by atoms with Crippen LogP contribution in [0.15, 0.2) is 54.9 Å². The van der Waals surface area contributed by atoms with Crippen molar-refractivity contribution in [1.29, 1.82) is 0 Å². The number of hydrogen-bond donors (Lipinski definition) is 0. The number of aromatic nitrogens is 1. The van der Waals surface area contributed by atoms with Crippen LogP contribution < -0.4 is 4.68 Å². The van der Waals surface area contributed by atoms with Crippen molar-refractivity contribution in [2.24, 2.45) is 0 Å². The molecule has 0 fully saturated rings. The third kappa shape index (κ3) is 2.14. The lowest BCUT2D eigenvalue weighted by Gasteiger charge is -2.13. The fraction of sp³-hybridized carbons (Fsp3) is 0. The van der Waals surface area contributed by atoms with Crippen LogP contribution in [-0.4, -0.2) is 4.92 Å². The van der Waals surface area contributed by atoms with E-state index in [1.165, 1.54) is 10.7 Å². The maximum atomic E-state index is 10.7. The van der Waals surface area contributed by atoms with Gasteiger partial charge < -0.3 is 5.43 Å². The van der Waals surface area contributed by atoms with Crippen molar-refractivity contribution in [3.63, 3.8) is 0 Å². The Balaban J connectivity index is 2.31. The van der Waals surface area contributed by atoms with Crippen LogP contribution in [0, 0.1) is 10.1 Å². The first kappa shape index (κ1) is 10.1. The number of para-hydroxylation sites is 1. The van der Waals surface area contributed by atoms with Gasteiger partial charge in [-0.05, 0) is 5.69 Å². The van der Waals surface area contributed by atoms with Gasteiger partial charge in [-0.1, -0.05) is 24.3 Å².